The first-order valence-corrected chi connectivity index (χ1v) is 7.60. The van der Waals surface area contributed by atoms with Crippen molar-refractivity contribution in [3.63, 3.8) is 0 Å². The maximum atomic E-state index is 12.3. The second-order valence-corrected chi connectivity index (χ2v) is 5.61. The molecule has 1 aromatic heterocycles. The highest BCUT2D eigenvalue weighted by Gasteiger charge is 2.15. The van der Waals surface area contributed by atoms with Gasteiger partial charge in [-0.3, -0.25) is 9.48 Å². The summed E-state index contributed by atoms with van der Waals surface area (Å²) in [7, 11) is 0. The molecule has 23 heavy (non-hydrogen) atoms. The van der Waals surface area contributed by atoms with Crippen LogP contribution in [0.1, 0.15) is 18.5 Å². The summed E-state index contributed by atoms with van der Waals surface area (Å²) >= 11 is 0. The van der Waals surface area contributed by atoms with Gasteiger partial charge in [-0.05, 0) is 42.7 Å². The first-order valence-electron chi connectivity index (χ1n) is 7.60. The van der Waals surface area contributed by atoms with Crippen LogP contribution >= 0.6 is 0 Å². The predicted octanol–water partition coefficient (Wildman–Crippen LogP) is 4.06. The van der Waals surface area contributed by atoms with Crippen molar-refractivity contribution in [3.05, 3.63) is 72.6 Å². The van der Waals surface area contributed by atoms with Crippen LogP contribution in [-0.2, 0) is 4.79 Å². The van der Waals surface area contributed by atoms with Crippen LogP contribution in [0, 0.1) is 6.92 Å². The molecule has 1 N–H and O–H groups in total. The minimum Gasteiger partial charge on any atom is -0.324 e. The van der Waals surface area contributed by atoms with E-state index in [1.165, 1.54) is 0 Å². The fourth-order valence-electron chi connectivity index (χ4n) is 2.39. The van der Waals surface area contributed by atoms with Crippen LogP contribution in [0.2, 0.25) is 0 Å². The number of hydrogen-bond acceptors (Lipinski definition) is 2. The predicted molar refractivity (Wildman–Crippen MR) is 92.2 cm³/mol. The molecule has 3 rings (SSSR count). The van der Waals surface area contributed by atoms with Gasteiger partial charge in [-0.15, -0.1) is 0 Å². The van der Waals surface area contributed by atoms with E-state index in [1.807, 2.05) is 62.5 Å². The molecule has 116 valence electrons. The zero-order valence-electron chi connectivity index (χ0n) is 13.2. The SMILES string of the molecule is Cc1cnn(C(C)C(=O)Nc2ccc(-c3ccccc3)cc2)c1. The minimum absolute atomic E-state index is 0.0828. The van der Waals surface area contributed by atoms with E-state index >= 15 is 0 Å². The molecule has 1 unspecified atom stereocenters. The van der Waals surface area contributed by atoms with Crippen molar-refractivity contribution in [2.75, 3.05) is 5.32 Å². The zero-order valence-corrected chi connectivity index (χ0v) is 13.2. The summed E-state index contributed by atoms with van der Waals surface area (Å²) in [5.41, 5.74) is 4.10. The topological polar surface area (TPSA) is 46.9 Å². The number of aromatic nitrogens is 2. The molecular weight excluding hydrogens is 286 g/mol. The number of carbonyl (C=O) groups excluding carboxylic acids is 1. The van der Waals surface area contributed by atoms with Gasteiger partial charge in [0, 0.05) is 11.9 Å². The van der Waals surface area contributed by atoms with Crippen molar-refractivity contribution in [2.24, 2.45) is 0 Å². The van der Waals surface area contributed by atoms with Gasteiger partial charge in [0.2, 0.25) is 5.91 Å². The molecule has 4 nitrogen and oxygen atoms in total. The fourth-order valence-corrected chi connectivity index (χ4v) is 2.39. The quantitative estimate of drug-likeness (QED) is 0.790. The van der Waals surface area contributed by atoms with Gasteiger partial charge in [0.1, 0.15) is 6.04 Å². The van der Waals surface area contributed by atoms with Gasteiger partial charge < -0.3 is 5.32 Å². The lowest BCUT2D eigenvalue weighted by molar-refractivity contribution is -0.119. The Kier molecular flexibility index (Phi) is 4.24. The summed E-state index contributed by atoms with van der Waals surface area (Å²) in [5, 5.41) is 7.12. The number of aryl methyl sites for hydroxylation is 1. The summed E-state index contributed by atoms with van der Waals surface area (Å²) in [6, 6.07) is 17.7. The van der Waals surface area contributed by atoms with Crippen LogP contribution < -0.4 is 5.32 Å². The number of nitrogens with zero attached hydrogens (tertiary/aromatic N) is 2. The Labute approximate surface area is 135 Å². The monoisotopic (exact) mass is 305 g/mol. The Balaban J connectivity index is 1.69. The van der Waals surface area contributed by atoms with Gasteiger partial charge in [-0.2, -0.15) is 5.10 Å². The molecular formula is C19H19N3O. The van der Waals surface area contributed by atoms with E-state index < -0.39 is 0 Å². The second kappa shape index (κ2) is 6.48. The Morgan fingerprint density at radius 1 is 1.04 bits per heavy atom. The van der Waals surface area contributed by atoms with E-state index in [9.17, 15) is 4.79 Å². The average molecular weight is 305 g/mol. The normalized spacial score (nSPS) is 11.9. The number of benzene rings is 2. The van der Waals surface area contributed by atoms with E-state index in [0.717, 1.165) is 22.4 Å². The highest BCUT2D eigenvalue weighted by Crippen LogP contribution is 2.21. The van der Waals surface area contributed by atoms with Crippen LogP contribution in [0.5, 0.6) is 0 Å². The third-order valence-electron chi connectivity index (χ3n) is 3.77. The van der Waals surface area contributed by atoms with Gasteiger partial charge in [0.15, 0.2) is 0 Å². The lowest BCUT2D eigenvalue weighted by Gasteiger charge is -2.13. The van der Waals surface area contributed by atoms with E-state index in [1.54, 1.807) is 10.9 Å². The molecule has 2 aromatic carbocycles. The molecule has 0 radical (unpaired) electrons. The fraction of sp³-hybridized carbons (Fsp3) is 0.158. The molecule has 4 heteroatoms. The molecule has 0 aliphatic heterocycles. The van der Waals surface area contributed by atoms with E-state index in [4.69, 9.17) is 0 Å². The molecule has 0 fully saturated rings. The largest absolute Gasteiger partial charge is 0.324 e. The highest BCUT2D eigenvalue weighted by atomic mass is 16.2. The van der Waals surface area contributed by atoms with Gasteiger partial charge in [0.05, 0.1) is 6.20 Å². The maximum absolute atomic E-state index is 12.3. The lowest BCUT2D eigenvalue weighted by Crippen LogP contribution is -2.23. The number of hydrogen-bond donors (Lipinski definition) is 1. The van der Waals surface area contributed by atoms with E-state index in [-0.39, 0.29) is 11.9 Å². The van der Waals surface area contributed by atoms with Crippen molar-refractivity contribution < 1.29 is 4.79 Å². The number of carbonyl (C=O) groups is 1. The second-order valence-electron chi connectivity index (χ2n) is 5.61. The Hall–Kier alpha value is -2.88. The van der Waals surface area contributed by atoms with Crippen molar-refractivity contribution >= 4 is 11.6 Å². The summed E-state index contributed by atoms with van der Waals surface area (Å²) in [6.45, 7) is 3.79. The molecule has 0 aliphatic rings. The molecule has 0 bridgehead atoms. The van der Waals surface area contributed by atoms with Gasteiger partial charge in [-0.1, -0.05) is 42.5 Å². The van der Waals surface area contributed by atoms with Gasteiger partial charge >= 0.3 is 0 Å². The first-order chi connectivity index (χ1) is 11.1. The molecule has 1 atom stereocenters. The number of nitrogens with one attached hydrogen (secondary N) is 1. The van der Waals surface area contributed by atoms with E-state index in [0.29, 0.717) is 0 Å². The zero-order chi connectivity index (χ0) is 16.2. The Morgan fingerprint density at radius 2 is 1.70 bits per heavy atom. The van der Waals surface area contributed by atoms with Crippen LogP contribution in [0.4, 0.5) is 5.69 Å². The highest BCUT2D eigenvalue weighted by molar-refractivity contribution is 5.93. The number of rotatable bonds is 4. The molecule has 0 saturated heterocycles. The van der Waals surface area contributed by atoms with Crippen LogP contribution in [0.3, 0.4) is 0 Å². The average Bonchev–Trinajstić information content (AvgIpc) is 3.02. The van der Waals surface area contributed by atoms with Crippen LogP contribution in [0.15, 0.2) is 67.0 Å². The Bertz CT molecular complexity index is 791. The smallest absolute Gasteiger partial charge is 0.248 e. The third-order valence-corrected chi connectivity index (χ3v) is 3.77. The van der Waals surface area contributed by atoms with Gasteiger partial charge in [-0.25, -0.2) is 0 Å². The minimum atomic E-state index is -0.350. The Morgan fingerprint density at radius 3 is 2.30 bits per heavy atom. The standard InChI is InChI=1S/C19H19N3O/c1-14-12-20-22(13-14)15(2)19(23)21-18-10-8-17(9-11-18)16-6-4-3-5-7-16/h3-13,15H,1-2H3,(H,21,23). The van der Waals surface area contributed by atoms with Crippen molar-refractivity contribution in [2.45, 2.75) is 19.9 Å². The van der Waals surface area contributed by atoms with Gasteiger partial charge in [0.25, 0.3) is 0 Å². The number of amides is 1. The van der Waals surface area contributed by atoms with Crippen molar-refractivity contribution in [1.82, 2.24) is 9.78 Å². The molecule has 0 aliphatic carbocycles. The lowest BCUT2D eigenvalue weighted by atomic mass is 10.1. The van der Waals surface area contributed by atoms with Crippen LogP contribution in [-0.4, -0.2) is 15.7 Å². The number of anilines is 1. The molecule has 3 aromatic rings. The summed E-state index contributed by atoms with van der Waals surface area (Å²) < 4.78 is 1.67. The van der Waals surface area contributed by atoms with Crippen LogP contribution in [0.25, 0.3) is 11.1 Å². The molecule has 0 spiro atoms. The molecule has 1 heterocycles. The molecule has 1 amide bonds. The summed E-state index contributed by atoms with van der Waals surface area (Å²) in [6.07, 6.45) is 3.61. The first kappa shape index (κ1) is 15.0. The van der Waals surface area contributed by atoms with E-state index in [2.05, 4.69) is 22.5 Å². The van der Waals surface area contributed by atoms with Crippen molar-refractivity contribution in [1.29, 1.82) is 0 Å². The maximum Gasteiger partial charge on any atom is 0.248 e. The summed E-state index contributed by atoms with van der Waals surface area (Å²) in [4.78, 5) is 12.3. The van der Waals surface area contributed by atoms with Crippen molar-refractivity contribution in [3.8, 4) is 11.1 Å². The third kappa shape index (κ3) is 3.48. The summed E-state index contributed by atoms with van der Waals surface area (Å²) in [5.74, 6) is -0.0828. The molecule has 0 saturated carbocycles.